The van der Waals surface area contributed by atoms with Crippen molar-refractivity contribution >= 4 is 0 Å². The molecule has 0 bridgehead atoms. The van der Waals surface area contributed by atoms with Gasteiger partial charge in [-0.2, -0.15) is 10.4 Å². The fourth-order valence-electron chi connectivity index (χ4n) is 1.82. The summed E-state index contributed by atoms with van der Waals surface area (Å²) in [5, 5.41) is 13.4. The van der Waals surface area contributed by atoms with Crippen LogP contribution in [0.15, 0.2) is 36.5 Å². The number of nitriles is 1. The molecule has 3 nitrogen and oxygen atoms in total. The Morgan fingerprint density at radius 3 is 2.53 bits per heavy atom. The molecule has 0 N–H and O–H groups in total. The molecule has 0 fully saturated rings. The van der Waals surface area contributed by atoms with Crippen LogP contribution in [0.5, 0.6) is 0 Å². The van der Waals surface area contributed by atoms with Gasteiger partial charge in [0.1, 0.15) is 6.07 Å². The first-order chi connectivity index (χ1) is 8.04. The number of para-hydroxylation sites is 1. The molecule has 0 aliphatic carbocycles. The van der Waals surface area contributed by atoms with Crippen LogP contribution in [0.4, 0.5) is 0 Å². The fourth-order valence-corrected chi connectivity index (χ4v) is 1.82. The van der Waals surface area contributed by atoms with Crippen molar-refractivity contribution in [2.75, 3.05) is 0 Å². The summed E-state index contributed by atoms with van der Waals surface area (Å²) in [6.07, 6.45) is 1.77. The standard InChI is InChI=1S/C14H15N3/c1-14(2,3)13-8-9-16-17(13)12-7-5-4-6-11(12)10-15/h4-9H,1-3H3. The first kappa shape index (κ1) is 11.4. The SMILES string of the molecule is CC(C)(C)c1ccnn1-c1ccccc1C#N. The van der Waals surface area contributed by atoms with Gasteiger partial charge in [0.05, 0.1) is 11.3 Å². The van der Waals surface area contributed by atoms with Crippen LogP contribution in [0, 0.1) is 11.3 Å². The van der Waals surface area contributed by atoms with Crippen LogP contribution >= 0.6 is 0 Å². The quantitative estimate of drug-likeness (QED) is 0.748. The van der Waals surface area contributed by atoms with Crippen LogP contribution in [0.3, 0.4) is 0 Å². The molecule has 2 rings (SSSR count). The first-order valence-corrected chi connectivity index (χ1v) is 5.58. The molecule has 2 aromatic rings. The Hall–Kier alpha value is -2.08. The van der Waals surface area contributed by atoms with Gasteiger partial charge < -0.3 is 0 Å². The molecule has 1 aromatic heterocycles. The molecule has 1 aromatic carbocycles. The minimum absolute atomic E-state index is 0.000925. The van der Waals surface area contributed by atoms with E-state index in [-0.39, 0.29) is 5.41 Å². The summed E-state index contributed by atoms with van der Waals surface area (Å²) in [5.74, 6) is 0. The zero-order valence-corrected chi connectivity index (χ0v) is 10.3. The van der Waals surface area contributed by atoms with E-state index in [9.17, 15) is 0 Å². The maximum absolute atomic E-state index is 9.12. The second-order valence-corrected chi connectivity index (χ2v) is 5.01. The second kappa shape index (κ2) is 4.06. The normalized spacial score (nSPS) is 11.2. The Kier molecular flexibility index (Phi) is 2.72. The maximum atomic E-state index is 9.12. The molecule has 1 heterocycles. The smallest absolute Gasteiger partial charge is 0.101 e. The number of aromatic nitrogens is 2. The molecule has 0 aliphatic rings. The zero-order chi connectivity index (χ0) is 12.5. The third-order valence-corrected chi connectivity index (χ3v) is 2.66. The molecule has 0 atom stereocenters. The highest BCUT2D eigenvalue weighted by molar-refractivity contribution is 5.49. The maximum Gasteiger partial charge on any atom is 0.101 e. The van der Waals surface area contributed by atoms with E-state index in [1.807, 2.05) is 35.0 Å². The Morgan fingerprint density at radius 1 is 1.18 bits per heavy atom. The summed E-state index contributed by atoms with van der Waals surface area (Å²) in [6.45, 7) is 6.40. The van der Waals surface area contributed by atoms with Crippen molar-refractivity contribution in [2.45, 2.75) is 26.2 Å². The highest BCUT2D eigenvalue weighted by Gasteiger charge is 2.20. The van der Waals surface area contributed by atoms with E-state index in [4.69, 9.17) is 5.26 Å². The van der Waals surface area contributed by atoms with Crippen LogP contribution < -0.4 is 0 Å². The number of hydrogen-bond acceptors (Lipinski definition) is 2. The topological polar surface area (TPSA) is 41.6 Å². The van der Waals surface area contributed by atoms with Gasteiger partial charge in [-0.3, -0.25) is 0 Å². The van der Waals surface area contributed by atoms with Gasteiger partial charge in [0.2, 0.25) is 0 Å². The first-order valence-electron chi connectivity index (χ1n) is 5.58. The van der Waals surface area contributed by atoms with Gasteiger partial charge in [0, 0.05) is 17.3 Å². The lowest BCUT2D eigenvalue weighted by atomic mass is 9.92. The van der Waals surface area contributed by atoms with Gasteiger partial charge in [-0.05, 0) is 18.2 Å². The molecule has 17 heavy (non-hydrogen) atoms. The molecule has 0 amide bonds. The van der Waals surface area contributed by atoms with E-state index in [0.717, 1.165) is 11.4 Å². The van der Waals surface area contributed by atoms with Crippen molar-refractivity contribution in [1.82, 2.24) is 9.78 Å². The molecular formula is C14H15N3. The molecule has 0 spiro atoms. The van der Waals surface area contributed by atoms with Crippen LogP contribution in [-0.4, -0.2) is 9.78 Å². The Morgan fingerprint density at radius 2 is 1.88 bits per heavy atom. The van der Waals surface area contributed by atoms with Gasteiger partial charge >= 0.3 is 0 Å². The molecule has 0 saturated heterocycles. The minimum atomic E-state index is -0.000925. The second-order valence-electron chi connectivity index (χ2n) is 5.01. The predicted molar refractivity (Wildman–Crippen MR) is 67.0 cm³/mol. The molecule has 0 unspecified atom stereocenters. The largest absolute Gasteiger partial charge is 0.236 e. The van der Waals surface area contributed by atoms with Gasteiger partial charge in [-0.15, -0.1) is 0 Å². The van der Waals surface area contributed by atoms with E-state index in [2.05, 4.69) is 31.9 Å². The molecule has 0 radical (unpaired) electrons. The Labute approximate surface area is 101 Å². The lowest BCUT2D eigenvalue weighted by Gasteiger charge is -2.20. The van der Waals surface area contributed by atoms with Crippen LogP contribution in [0.25, 0.3) is 5.69 Å². The summed E-state index contributed by atoms with van der Waals surface area (Å²) in [6, 6.07) is 11.7. The van der Waals surface area contributed by atoms with Crippen molar-refractivity contribution in [3.8, 4) is 11.8 Å². The van der Waals surface area contributed by atoms with Crippen LogP contribution in [-0.2, 0) is 5.41 Å². The number of hydrogen-bond donors (Lipinski definition) is 0. The minimum Gasteiger partial charge on any atom is -0.236 e. The van der Waals surface area contributed by atoms with E-state index >= 15 is 0 Å². The van der Waals surface area contributed by atoms with E-state index in [1.54, 1.807) is 6.20 Å². The number of benzene rings is 1. The van der Waals surface area contributed by atoms with Gasteiger partial charge in [0.15, 0.2) is 0 Å². The third kappa shape index (κ3) is 2.07. The summed E-state index contributed by atoms with van der Waals surface area (Å²) >= 11 is 0. The van der Waals surface area contributed by atoms with Gasteiger partial charge in [0.25, 0.3) is 0 Å². The summed E-state index contributed by atoms with van der Waals surface area (Å²) in [4.78, 5) is 0. The number of nitrogens with zero attached hydrogens (tertiary/aromatic N) is 3. The zero-order valence-electron chi connectivity index (χ0n) is 10.3. The monoisotopic (exact) mass is 225 g/mol. The summed E-state index contributed by atoms with van der Waals surface area (Å²) in [5.41, 5.74) is 2.57. The average Bonchev–Trinajstić information content (AvgIpc) is 2.77. The molecule has 0 saturated carbocycles. The fraction of sp³-hybridized carbons (Fsp3) is 0.286. The lowest BCUT2D eigenvalue weighted by Crippen LogP contribution is -2.17. The lowest BCUT2D eigenvalue weighted by molar-refractivity contribution is 0.543. The summed E-state index contributed by atoms with van der Waals surface area (Å²) in [7, 11) is 0. The third-order valence-electron chi connectivity index (χ3n) is 2.66. The average molecular weight is 225 g/mol. The van der Waals surface area contributed by atoms with Crippen LogP contribution in [0.2, 0.25) is 0 Å². The molecule has 86 valence electrons. The predicted octanol–water partition coefficient (Wildman–Crippen LogP) is 3.04. The highest BCUT2D eigenvalue weighted by Crippen LogP contribution is 2.25. The molecule has 0 aliphatic heterocycles. The summed E-state index contributed by atoms with van der Waals surface area (Å²) < 4.78 is 1.85. The van der Waals surface area contributed by atoms with Gasteiger partial charge in [-0.25, -0.2) is 4.68 Å². The van der Waals surface area contributed by atoms with E-state index in [1.165, 1.54) is 0 Å². The Bertz CT molecular complexity index is 568. The molecule has 3 heteroatoms. The van der Waals surface area contributed by atoms with E-state index in [0.29, 0.717) is 5.56 Å². The number of rotatable bonds is 1. The van der Waals surface area contributed by atoms with Crippen LogP contribution in [0.1, 0.15) is 32.0 Å². The van der Waals surface area contributed by atoms with Crippen molar-refractivity contribution < 1.29 is 0 Å². The highest BCUT2D eigenvalue weighted by atomic mass is 15.3. The van der Waals surface area contributed by atoms with E-state index < -0.39 is 0 Å². The van der Waals surface area contributed by atoms with Crippen molar-refractivity contribution in [1.29, 1.82) is 5.26 Å². The Balaban J connectivity index is 2.63. The van der Waals surface area contributed by atoms with Crippen molar-refractivity contribution in [2.24, 2.45) is 0 Å². The van der Waals surface area contributed by atoms with Crippen molar-refractivity contribution in [3.63, 3.8) is 0 Å². The molecular weight excluding hydrogens is 210 g/mol. The van der Waals surface area contributed by atoms with Crippen molar-refractivity contribution in [3.05, 3.63) is 47.8 Å². The van der Waals surface area contributed by atoms with Gasteiger partial charge in [-0.1, -0.05) is 32.9 Å².